The standard InChI is InChI=1S/C11H18N4O/c1-7(9-4-3-5-16-9)13-11-6-10(12)14-8(2)15-11/h6-7,9H,3-5H2,1-2H3,(H3,12,13,14,15). The van der Waals surface area contributed by atoms with Gasteiger partial charge in [0.2, 0.25) is 0 Å². The topological polar surface area (TPSA) is 73.1 Å². The zero-order valence-corrected chi connectivity index (χ0v) is 9.73. The lowest BCUT2D eigenvalue weighted by molar-refractivity contribution is 0.0995. The van der Waals surface area contributed by atoms with Crippen molar-refractivity contribution in [3.63, 3.8) is 0 Å². The SMILES string of the molecule is Cc1nc(N)cc(NC(C)C2CCCO2)n1. The fourth-order valence-corrected chi connectivity index (χ4v) is 1.99. The van der Waals surface area contributed by atoms with Crippen LogP contribution in [0, 0.1) is 6.92 Å². The number of nitrogens with one attached hydrogen (secondary N) is 1. The summed E-state index contributed by atoms with van der Waals surface area (Å²) in [4.78, 5) is 8.32. The van der Waals surface area contributed by atoms with Gasteiger partial charge in [-0.05, 0) is 26.7 Å². The molecular formula is C11H18N4O. The normalized spacial score (nSPS) is 22.0. The highest BCUT2D eigenvalue weighted by Gasteiger charge is 2.22. The highest BCUT2D eigenvalue weighted by Crippen LogP contribution is 2.18. The zero-order valence-electron chi connectivity index (χ0n) is 9.73. The van der Waals surface area contributed by atoms with Crippen LogP contribution >= 0.6 is 0 Å². The van der Waals surface area contributed by atoms with Gasteiger partial charge in [0.15, 0.2) is 0 Å². The van der Waals surface area contributed by atoms with E-state index in [0.717, 1.165) is 25.3 Å². The first kappa shape index (κ1) is 11.1. The van der Waals surface area contributed by atoms with Crippen LogP contribution in [0.1, 0.15) is 25.6 Å². The quantitative estimate of drug-likeness (QED) is 0.807. The van der Waals surface area contributed by atoms with E-state index in [2.05, 4.69) is 22.2 Å². The van der Waals surface area contributed by atoms with Gasteiger partial charge in [-0.25, -0.2) is 9.97 Å². The van der Waals surface area contributed by atoms with Gasteiger partial charge in [0.05, 0.1) is 12.1 Å². The number of hydrogen-bond donors (Lipinski definition) is 2. The van der Waals surface area contributed by atoms with Crippen molar-refractivity contribution in [2.75, 3.05) is 17.7 Å². The summed E-state index contributed by atoms with van der Waals surface area (Å²) in [5.41, 5.74) is 5.67. The molecule has 0 amide bonds. The Bertz CT molecular complexity index is 343. The zero-order chi connectivity index (χ0) is 11.5. The van der Waals surface area contributed by atoms with Crippen molar-refractivity contribution in [1.82, 2.24) is 9.97 Å². The molecule has 1 aromatic heterocycles. The Morgan fingerprint density at radius 3 is 3.00 bits per heavy atom. The number of nitrogens with two attached hydrogens (primary N) is 1. The Hall–Kier alpha value is -1.36. The van der Waals surface area contributed by atoms with E-state index in [4.69, 9.17) is 10.5 Å². The lowest BCUT2D eigenvalue weighted by atomic mass is 10.1. The third-order valence-corrected chi connectivity index (χ3v) is 2.76. The van der Waals surface area contributed by atoms with E-state index in [9.17, 15) is 0 Å². The molecule has 1 aromatic rings. The van der Waals surface area contributed by atoms with E-state index in [1.807, 2.05) is 6.92 Å². The maximum Gasteiger partial charge on any atom is 0.132 e. The Labute approximate surface area is 95.4 Å². The van der Waals surface area contributed by atoms with Crippen LogP contribution in [0.25, 0.3) is 0 Å². The minimum atomic E-state index is 0.246. The second kappa shape index (κ2) is 4.65. The van der Waals surface area contributed by atoms with Gasteiger partial charge in [-0.2, -0.15) is 0 Å². The molecule has 1 aliphatic rings. The van der Waals surface area contributed by atoms with Crippen LogP contribution in [0.4, 0.5) is 11.6 Å². The third kappa shape index (κ3) is 2.61. The molecule has 1 aliphatic heterocycles. The molecular weight excluding hydrogens is 204 g/mol. The van der Waals surface area contributed by atoms with Gasteiger partial charge < -0.3 is 15.8 Å². The monoisotopic (exact) mass is 222 g/mol. The molecule has 1 fully saturated rings. The molecule has 88 valence electrons. The van der Waals surface area contributed by atoms with Gasteiger partial charge in [-0.3, -0.25) is 0 Å². The summed E-state index contributed by atoms with van der Waals surface area (Å²) in [6.07, 6.45) is 2.52. The van der Waals surface area contributed by atoms with Crippen LogP contribution in [0.3, 0.4) is 0 Å². The van der Waals surface area contributed by atoms with E-state index < -0.39 is 0 Å². The van der Waals surface area contributed by atoms with Gasteiger partial charge >= 0.3 is 0 Å². The third-order valence-electron chi connectivity index (χ3n) is 2.76. The van der Waals surface area contributed by atoms with Crippen molar-refractivity contribution in [2.45, 2.75) is 38.8 Å². The molecule has 1 saturated heterocycles. The van der Waals surface area contributed by atoms with Gasteiger partial charge in [-0.1, -0.05) is 0 Å². The largest absolute Gasteiger partial charge is 0.384 e. The highest BCUT2D eigenvalue weighted by atomic mass is 16.5. The smallest absolute Gasteiger partial charge is 0.132 e. The molecule has 3 N–H and O–H groups in total. The molecule has 0 aromatic carbocycles. The highest BCUT2D eigenvalue weighted by molar-refractivity contribution is 5.45. The van der Waals surface area contributed by atoms with E-state index in [0.29, 0.717) is 11.6 Å². The summed E-state index contributed by atoms with van der Waals surface area (Å²) >= 11 is 0. The van der Waals surface area contributed by atoms with Crippen LogP contribution < -0.4 is 11.1 Å². The molecule has 0 aliphatic carbocycles. The number of aromatic nitrogens is 2. The van der Waals surface area contributed by atoms with Crippen LogP contribution in [0.2, 0.25) is 0 Å². The number of rotatable bonds is 3. The van der Waals surface area contributed by atoms with Crippen molar-refractivity contribution in [2.24, 2.45) is 0 Å². The molecule has 5 nitrogen and oxygen atoms in total. The number of nitrogen functional groups attached to an aromatic ring is 1. The molecule has 2 atom stereocenters. The second-order valence-electron chi connectivity index (χ2n) is 4.21. The summed E-state index contributed by atoms with van der Waals surface area (Å²) in [6, 6.07) is 1.99. The molecule has 5 heteroatoms. The molecule has 0 spiro atoms. The van der Waals surface area contributed by atoms with Crippen molar-refractivity contribution >= 4 is 11.6 Å². The van der Waals surface area contributed by atoms with Crippen LogP contribution in [-0.4, -0.2) is 28.7 Å². The summed E-state index contributed by atoms with van der Waals surface area (Å²) in [6.45, 7) is 4.80. The molecule has 0 bridgehead atoms. The molecule has 2 heterocycles. The van der Waals surface area contributed by atoms with Crippen molar-refractivity contribution < 1.29 is 4.74 Å². The lowest BCUT2D eigenvalue weighted by Gasteiger charge is -2.20. The van der Waals surface area contributed by atoms with Crippen molar-refractivity contribution in [3.8, 4) is 0 Å². The first-order chi connectivity index (χ1) is 7.65. The number of nitrogens with zero attached hydrogens (tertiary/aromatic N) is 2. The maximum absolute atomic E-state index is 5.67. The Morgan fingerprint density at radius 2 is 2.38 bits per heavy atom. The van der Waals surface area contributed by atoms with Gasteiger partial charge in [0.25, 0.3) is 0 Å². The predicted molar refractivity (Wildman–Crippen MR) is 63.2 cm³/mol. The molecule has 0 radical (unpaired) electrons. The average Bonchev–Trinajstić information content (AvgIpc) is 2.68. The van der Waals surface area contributed by atoms with Crippen molar-refractivity contribution in [3.05, 3.63) is 11.9 Å². The van der Waals surface area contributed by atoms with E-state index in [1.54, 1.807) is 6.07 Å². The minimum Gasteiger partial charge on any atom is -0.384 e. The minimum absolute atomic E-state index is 0.246. The molecule has 0 saturated carbocycles. The molecule has 16 heavy (non-hydrogen) atoms. The Kier molecular flexibility index (Phi) is 3.24. The molecule has 2 unspecified atom stereocenters. The summed E-state index contributed by atoms with van der Waals surface area (Å²) in [7, 11) is 0. The number of aryl methyl sites for hydroxylation is 1. The molecule has 2 rings (SSSR count). The predicted octanol–water partition coefficient (Wildman–Crippen LogP) is 1.35. The first-order valence-corrected chi connectivity index (χ1v) is 5.64. The number of ether oxygens (including phenoxy) is 1. The van der Waals surface area contributed by atoms with Gasteiger partial charge in [-0.15, -0.1) is 0 Å². The van der Waals surface area contributed by atoms with E-state index >= 15 is 0 Å². The van der Waals surface area contributed by atoms with Crippen LogP contribution in [0.15, 0.2) is 6.07 Å². The summed E-state index contributed by atoms with van der Waals surface area (Å²) in [5, 5.41) is 3.31. The summed E-state index contributed by atoms with van der Waals surface area (Å²) < 4.78 is 5.61. The number of hydrogen-bond acceptors (Lipinski definition) is 5. The Balaban J connectivity index is 2.02. The van der Waals surface area contributed by atoms with E-state index in [1.165, 1.54) is 0 Å². The maximum atomic E-state index is 5.67. The summed E-state index contributed by atoms with van der Waals surface area (Å²) in [5.74, 6) is 1.95. The Morgan fingerprint density at radius 1 is 1.56 bits per heavy atom. The lowest BCUT2D eigenvalue weighted by Crippen LogP contribution is -2.30. The fraction of sp³-hybridized carbons (Fsp3) is 0.636. The van der Waals surface area contributed by atoms with Gasteiger partial charge in [0, 0.05) is 12.7 Å². The first-order valence-electron chi connectivity index (χ1n) is 5.64. The van der Waals surface area contributed by atoms with Crippen LogP contribution in [-0.2, 0) is 4.74 Å². The number of anilines is 2. The van der Waals surface area contributed by atoms with Gasteiger partial charge in [0.1, 0.15) is 17.5 Å². The average molecular weight is 222 g/mol. The van der Waals surface area contributed by atoms with E-state index in [-0.39, 0.29) is 12.1 Å². The fourth-order valence-electron chi connectivity index (χ4n) is 1.99. The second-order valence-corrected chi connectivity index (χ2v) is 4.21. The van der Waals surface area contributed by atoms with Crippen molar-refractivity contribution in [1.29, 1.82) is 0 Å². The van der Waals surface area contributed by atoms with Crippen LogP contribution in [0.5, 0.6) is 0 Å².